The van der Waals surface area contributed by atoms with E-state index < -0.39 is 0 Å². The summed E-state index contributed by atoms with van der Waals surface area (Å²) in [6.07, 6.45) is 3.52. The number of rotatable bonds is 7. The molecule has 32 heavy (non-hydrogen) atoms. The van der Waals surface area contributed by atoms with Gasteiger partial charge in [0.1, 0.15) is 0 Å². The number of hydrogen-bond donors (Lipinski definition) is 1. The van der Waals surface area contributed by atoms with Crippen LogP contribution >= 0.6 is 24.0 Å². The molecule has 2 fully saturated rings. The quantitative estimate of drug-likeness (QED) is 0.319. The SMILES string of the molecule is CN=C(NCC1(c2ccc3c(c2)OCO3)CC1)N1CCC(COCc2ccccc2)C1.I. The lowest BCUT2D eigenvalue weighted by molar-refractivity contribution is 0.0906. The standard InChI is InChI=1S/C25H31N3O3.HI/c1-26-24(28-12-9-20(14-28)16-29-15-19-5-3-2-4-6-19)27-17-25(10-11-25)21-7-8-22-23(13-21)31-18-30-22;/h2-8,13,20H,9-12,14-18H2,1H3,(H,26,27);1H. The summed E-state index contributed by atoms with van der Waals surface area (Å²) in [4.78, 5) is 6.93. The third-order valence-corrected chi connectivity index (χ3v) is 6.69. The predicted octanol–water partition coefficient (Wildman–Crippen LogP) is 4.18. The molecule has 0 amide bonds. The lowest BCUT2D eigenvalue weighted by Gasteiger charge is -2.25. The number of halogens is 1. The van der Waals surface area contributed by atoms with Crippen molar-refractivity contribution in [3.05, 3.63) is 59.7 Å². The maximum Gasteiger partial charge on any atom is 0.231 e. The second-order valence-corrected chi connectivity index (χ2v) is 8.85. The van der Waals surface area contributed by atoms with E-state index in [2.05, 4.69) is 51.6 Å². The summed E-state index contributed by atoms with van der Waals surface area (Å²) >= 11 is 0. The van der Waals surface area contributed by atoms with Crippen molar-refractivity contribution in [1.82, 2.24) is 10.2 Å². The summed E-state index contributed by atoms with van der Waals surface area (Å²) in [5.41, 5.74) is 2.73. The van der Waals surface area contributed by atoms with Crippen LogP contribution in [0, 0.1) is 5.92 Å². The van der Waals surface area contributed by atoms with Gasteiger partial charge in [0.15, 0.2) is 17.5 Å². The number of nitrogens with one attached hydrogen (secondary N) is 1. The monoisotopic (exact) mass is 549 g/mol. The highest BCUT2D eigenvalue weighted by Crippen LogP contribution is 2.50. The highest BCUT2D eigenvalue weighted by atomic mass is 127. The Hall–Kier alpha value is -2.00. The van der Waals surface area contributed by atoms with E-state index in [0.717, 1.165) is 50.1 Å². The fourth-order valence-electron chi connectivity index (χ4n) is 4.60. The van der Waals surface area contributed by atoms with Crippen molar-refractivity contribution in [2.45, 2.75) is 31.3 Å². The first kappa shape index (κ1) is 23.2. The zero-order chi connectivity index (χ0) is 21.1. The van der Waals surface area contributed by atoms with Gasteiger partial charge < -0.3 is 24.4 Å². The van der Waals surface area contributed by atoms with E-state index in [9.17, 15) is 0 Å². The third kappa shape index (κ3) is 5.14. The van der Waals surface area contributed by atoms with Crippen LogP contribution in [0.4, 0.5) is 0 Å². The van der Waals surface area contributed by atoms with Crippen molar-refractivity contribution in [2.24, 2.45) is 10.9 Å². The molecule has 1 atom stereocenters. The van der Waals surface area contributed by atoms with Crippen molar-refractivity contribution in [2.75, 3.05) is 40.1 Å². The average Bonchev–Trinajstić information content (AvgIpc) is 3.20. The number of hydrogen-bond acceptors (Lipinski definition) is 4. The molecule has 5 rings (SSSR count). The Morgan fingerprint density at radius 3 is 2.75 bits per heavy atom. The van der Waals surface area contributed by atoms with Gasteiger partial charge in [0.05, 0.1) is 13.2 Å². The van der Waals surface area contributed by atoms with E-state index >= 15 is 0 Å². The van der Waals surface area contributed by atoms with Crippen LogP contribution in [0.3, 0.4) is 0 Å². The molecule has 1 saturated heterocycles. The zero-order valence-corrected chi connectivity index (χ0v) is 20.9. The molecule has 2 heterocycles. The smallest absolute Gasteiger partial charge is 0.231 e. The topological polar surface area (TPSA) is 55.3 Å². The number of ether oxygens (including phenoxy) is 3. The average molecular weight is 549 g/mol. The van der Waals surface area contributed by atoms with Gasteiger partial charge in [0.2, 0.25) is 6.79 Å². The summed E-state index contributed by atoms with van der Waals surface area (Å²) in [6.45, 7) is 4.71. The molecule has 0 aromatic heterocycles. The summed E-state index contributed by atoms with van der Waals surface area (Å²) < 4.78 is 17.0. The minimum absolute atomic E-state index is 0. The molecule has 1 unspecified atom stereocenters. The number of nitrogens with zero attached hydrogens (tertiary/aromatic N) is 2. The largest absolute Gasteiger partial charge is 0.454 e. The minimum atomic E-state index is 0. The van der Waals surface area contributed by atoms with Crippen LogP contribution in [-0.2, 0) is 16.8 Å². The molecule has 3 aliphatic rings. The van der Waals surface area contributed by atoms with E-state index in [1.54, 1.807) is 0 Å². The first-order chi connectivity index (χ1) is 15.3. The molecule has 1 N–H and O–H groups in total. The van der Waals surface area contributed by atoms with Crippen molar-refractivity contribution in [3.8, 4) is 11.5 Å². The van der Waals surface area contributed by atoms with Gasteiger partial charge in [0.25, 0.3) is 0 Å². The van der Waals surface area contributed by atoms with Crippen LogP contribution in [0.5, 0.6) is 11.5 Å². The Kier molecular flexibility index (Phi) is 7.45. The molecule has 172 valence electrons. The van der Waals surface area contributed by atoms with E-state index in [-0.39, 0.29) is 29.4 Å². The molecule has 1 saturated carbocycles. The second kappa shape index (κ2) is 10.3. The maximum absolute atomic E-state index is 5.97. The van der Waals surface area contributed by atoms with Gasteiger partial charge >= 0.3 is 0 Å². The molecule has 2 aliphatic heterocycles. The molecular weight excluding hydrogens is 517 g/mol. The fraction of sp³-hybridized carbons (Fsp3) is 0.480. The number of likely N-dealkylation sites (tertiary alicyclic amines) is 1. The maximum atomic E-state index is 5.97. The molecule has 0 bridgehead atoms. The van der Waals surface area contributed by atoms with Crippen LogP contribution in [0.1, 0.15) is 30.4 Å². The number of benzene rings is 2. The van der Waals surface area contributed by atoms with Gasteiger partial charge in [-0.05, 0) is 42.5 Å². The van der Waals surface area contributed by atoms with E-state index in [1.807, 2.05) is 19.2 Å². The Morgan fingerprint density at radius 1 is 1.16 bits per heavy atom. The first-order valence-electron chi connectivity index (χ1n) is 11.2. The van der Waals surface area contributed by atoms with Gasteiger partial charge in [-0.2, -0.15) is 0 Å². The van der Waals surface area contributed by atoms with E-state index in [0.29, 0.717) is 19.3 Å². The Labute approximate surface area is 207 Å². The van der Waals surface area contributed by atoms with Crippen molar-refractivity contribution >= 4 is 29.9 Å². The number of guanidine groups is 1. The Balaban J connectivity index is 0.00000245. The second-order valence-electron chi connectivity index (χ2n) is 8.85. The Bertz CT molecular complexity index is 933. The molecule has 6 nitrogen and oxygen atoms in total. The van der Waals surface area contributed by atoms with Crippen LogP contribution in [-0.4, -0.2) is 50.9 Å². The summed E-state index contributed by atoms with van der Waals surface area (Å²) in [5, 5.41) is 3.65. The molecule has 2 aromatic carbocycles. The molecular formula is C25H32IN3O3. The van der Waals surface area contributed by atoms with Gasteiger partial charge in [-0.3, -0.25) is 4.99 Å². The van der Waals surface area contributed by atoms with Gasteiger partial charge in [0, 0.05) is 38.0 Å². The molecule has 0 radical (unpaired) electrons. The molecule has 2 aromatic rings. The Morgan fingerprint density at radius 2 is 1.97 bits per heavy atom. The third-order valence-electron chi connectivity index (χ3n) is 6.69. The van der Waals surface area contributed by atoms with E-state index in [4.69, 9.17) is 14.2 Å². The van der Waals surface area contributed by atoms with Gasteiger partial charge in [-0.1, -0.05) is 36.4 Å². The summed E-state index contributed by atoms with van der Waals surface area (Å²) in [7, 11) is 1.88. The van der Waals surface area contributed by atoms with Crippen LogP contribution in [0.15, 0.2) is 53.5 Å². The molecule has 7 heteroatoms. The fourth-order valence-corrected chi connectivity index (χ4v) is 4.60. The van der Waals surface area contributed by atoms with Crippen LogP contribution < -0.4 is 14.8 Å². The number of aliphatic imine (C=N–C) groups is 1. The highest BCUT2D eigenvalue weighted by molar-refractivity contribution is 14.0. The van der Waals surface area contributed by atoms with Gasteiger partial charge in [-0.25, -0.2) is 0 Å². The predicted molar refractivity (Wildman–Crippen MR) is 136 cm³/mol. The van der Waals surface area contributed by atoms with Crippen LogP contribution in [0.2, 0.25) is 0 Å². The zero-order valence-electron chi connectivity index (χ0n) is 18.6. The summed E-state index contributed by atoms with van der Waals surface area (Å²) in [5.74, 6) is 3.26. The van der Waals surface area contributed by atoms with Gasteiger partial charge in [-0.15, -0.1) is 24.0 Å². The normalized spacial score (nSPS) is 20.7. The first-order valence-corrected chi connectivity index (χ1v) is 11.2. The lowest BCUT2D eigenvalue weighted by atomic mass is 9.95. The van der Waals surface area contributed by atoms with Crippen LogP contribution in [0.25, 0.3) is 0 Å². The molecule has 0 spiro atoms. The van der Waals surface area contributed by atoms with Crippen molar-refractivity contribution in [1.29, 1.82) is 0 Å². The van der Waals surface area contributed by atoms with E-state index in [1.165, 1.54) is 24.0 Å². The number of fused-ring (bicyclic) bond motifs is 1. The van der Waals surface area contributed by atoms with Crippen molar-refractivity contribution in [3.63, 3.8) is 0 Å². The van der Waals surface area contributed by atoms with Crippen molar-refractivity contribution < 1.29 is 14.2 Å². The molecule has 1 aliphatic carbocycles. The minimum Gasteiger partial charge on any atom is -0.454 e. The highest BCUT2D eigenvalue weighted by Gasteiger charge is 2.45. The lowest BCUT2D eigenvalue weighted by Crippen LogP contribution is -2.43. The summed E-state index contributed by atoms with van der Waals surface area (Å²) in [6, 6.07) is 16.7.